The van der Waals surface area contributed by atoms with Crippen LogP contribution in [0.5, 0.6) is 0 Å². The van der Waals surface area contributed by atoms with Gasteiger partial charge >= 0.3 is 0 Å². The molecule has 0 spiro atoms. The van der Waals surface area contributed by atoms with E-state index >= 15 is 0 Å². The van der Waals surface area contributed by atoms with Gasteiger partial charge in [0, 0.05) is 49.4 Å². The van der Waals surface area contributed by atoms with E-state index in [-0.39, 0.29) is 23.9 Å². The van der Waals surface area contributed by atoms with Gasteiger partial charge in [0.05, 0.1) is 0 Å². The van der Waals surface area contributed by atoms with Gasteiger partial charge in [0.1, 0.15) is 5.82 Å². The van der Waals surface area contributed by atoms with Crippen LogP contribution in [-0.2, 0) is 17.9 Å². The van der Waals surface area contributed by atoms with Crippen molar-refractivity contribution >= 4 is 11.7 Å². The zero-order valence-electron chi connectivity index (χ0n) is 15.0. The van der Waals surface area contributed by atoms with Crippen LogP contribution in [-0.4, -0.2) is 21.2 Å². The summed E-state index contributed by atoms with van der Waals surface area (Å²) in [6.45, 7) is 2.33. The van der Waals surface area contributed by atoms with E-state index in [1.807, 2.05) is 16.7 Å². The Morgan fingerprint density at radius 3 is 2.63 bits per heavy atom. The predicted octanol–water partition coefficient (Wildman–Crippen LogP) is 3.60. The van der Waals surface area contributed by atoms with E-state index in [9.17, 15) is 14.0 Å². The number of nitrogens with zero attached hydrogens (tertiary/aromatic N) is 2. The summed E-state index contributed by atoms with van der Waals surface area (Å²) >= 11 is 0. The molecule has 27 heavy (non-hydrogen) atoms. The molecule has 0 atom stereocenters. The van der Waals surface area contributed by atoms with E-state index in [0.29, 0.717) is 18.7 Å². The molecule has 0 saturated heterocycles. The lowest BCUT2D eigenvalue weighted by molar-refractivity contribution is -0.121. The van der Waals surface area contributed by atoms with Gasteiger partial charge in [-0.3, -0.25) is 14.6 Å². The maximum atomic E-state index is 13.2. The van der Waals surface area contributed by atoms with Crippen LogP contribution in [0, 0.1) is 5.82 Å². The zero-order valence-corrected chi connectivity index (χ0v) is 15.0. The van der Waals surface area contributed by atoms with Crippen LogP contribution < -0.4 is 5.32 Å². The third kappa shape index (κ3) is 4.88. The normalized spacial score (nSPS) is 10.6. The van der Waals surface area contributed by atoms with Crippen LogP contribution in [0.2, 0.25) is 0 Å². The number of Topliss-reactive ketones (excluding diaryl/α,β-unsaturated/α-hetero) is 1. The van der Waals surface area contributed by atoms with E-state index in [0.717, 1.165) is 16.8 Å². The fraction of sp³-hybridized carbons (Fsp3) is 0.190. The number of carbonyl (C=O) groups excluding carboxylic acids is 2. The lowest BCUT2D eigenvalue weighted by Crippen LogP contribution is -2.24. The Morgan fingerprint density at radius 2 is 1.96 bits per heavy atom. The van der Waals surface area contributed by atoms with Gasteiger partial charge in [0.2, 0.25) is 5.91 Å². The molecule has 0 radical (unpaired) electrons. The smallest absolute Gasteiger partial charge is 0.222 e. The van der Waals surface area contributed by atoms with Gasteiger partial charge in [-0.15, -0.1) is 0 Å². The minimum atomic E-state index is -0.321. The fourth-order valence-electron chi connectivity index (χ4n) is 2.77. The molecule has 0 saturated carbocycles. The number of carbonyl (C=O) groups is 2. The molecule has 0 aliphatic rings. The quantitative estimate of drug-likeness (QED) is 0.651. The van der Waals surface area contributed by atoms with Crippen LogP contribution in [0.25, 0.3) is 11.3 Å². The largest absolute Gasteiger partial charge is 0.352 e. The summed E-state index contributed by atoms with van der Waals surface area (Å²) in [6.07, 6.45) is 5.38. The van der Waals surface area contributed by atoms with Crippen molar-refractivity contribution in [2.24, 2.45) is 0 Å². The number of nitrogens with one attached hydrogen (secondary N) is 1. The number of halogens is 1. The summed E-state index contributed by atoms with van der Waals surface area (Å²) in [5.74, 6) is -0.474. The topological polar surface area (TPSA) is 64.0 Å². The second kappa shape index (κ2) is 8.40. The average molecular weight is 365 g/mol. The van der Waals surface area contributed by atoms with Crippen LogP contribution in [0.15, 0.2) is 61.1 Å². The van der Waals surface area contributed by atoms with Gasteiger partial charge in [-0.2, -0.15) is 0 Å². The SMILES string of the molecule is CC(=O)c1cc(-c2ccc(F)cc2)n(CCC(=O)NCc2cccnc2)c1. The summed E-state index contributed by atoms with van der Waals surface area (Å²) in [7, 11) is 0. The first-order valence-corrected chi connectivity index (χ1v) is 8.65. The molecule has 0 bridgehead atoms. The number of hydrogen-bond acceptors (Lipinski definition) is 3. The van der Waals surface area contributed by atoms with Crippen molar-refractivity contribution in [2.75, 3.05) is 0 Å². The number of aromatic nitrogens is 2. The molecular formula is C21H20FN3O2. The summed E-state index contributed by atoms with van der Waals surface area (Å²) in [4.78, 5) is 27.9. The predicted molar refractivity (Wildman–Crippen MR) is 101 cm³/mol. The van der Waals surface area contributed by atoms with Crippen molar-refractivity contribution in [1.29, 1.82) is 0 Å². The Bertz CT molecular complexity index is 934. The minimum Gasteiger partial charge on any atom is -0.352 e. The molecule has 2 aromatic heterocycles. The van der Waals surface area contributed by atoms with Crippen molar-refractivity contribution in [3.05, 3.63) is 78.0 Å². The Morgan fingerprint density at radius 1 is 1.19 bits per heavy atom. The highest BCUT2D eigenvalue weighted by Gasteiger charge is 2.12. The average Bonchev–Trinajstić information content (AvgIpc) is 3.11. The van der Waals surface area contributed by atoms with Crippen LogP contribution >= 0.6 is 0 Å². The van der Waals surface area contributed by atoms with Gasteiger partial charge in [0.25, 0.3) is 0 Å². The van der Waals surface area contributed by atoms with Gasteiger partial charge in [-0.25, -0.2) is 4.39 Å². The molecule has 1 N–H and O–H groups in total. The summed E-state index contributed by atoms with van der Waals surface area (Å²) < 4.78 is 15.1. The van der Waals surface area contributed by atoms with Gasteiger partial charge < -0.3 is 9.88 Å². The van der Waals surface area contributed by atoms with Gasteiger partial charge in [-0.1, -0.05) is 6.07 Å². The minimum absolute atomic E-state index is 0.0573. The Labute approximate surface area is 156 Å². The van der Waals surface area contributed by atoms with Crippen molar-refractivity contribution in [1.82, 2.24) is 14.9 Å². The first-order valence-electron chi connectivity index (χ1n) is 8.65. The third-order valence-electron chi connectivity index (χ3n) is 4.24. The number of ketones is 1. The number of aryl methyl sites for hydroxylation is 1. The van der Waals surface area contributed by atoms with Crippen molar-refractivity contribution in [3.63, 3.8) is 0 Å². The van der Waals surface area contributed by atoms with E-state index in [2.05, 4.69) is 10.3 Å². The number of benzene rings is 1. The highest BCUT2D eigenvalue weighted by molar-refractivity contribution is 5.95. The lowest BCUT2D eigenvalue weighted by atomic mass is 10.1. The Kier molecular flexibility index (Phi) is 5.76. The number of pyridine rings is 1. The molecule has 0 fully saturated rings. The first-order chi connectivity index (χ1) is 13.0. The molecule has 0 aliphatic heterocycles. The highest BCUT2D eigenvalue weighted by Crippen LogP contribution is 2.23. The number of hydrogen-bond donors (Lipinski definition) is 1. The maximum absolute atomic E-state index is 13.2. The van der Waals surface area contributed by atoms with E-state index in [1.54, 1.807) is 36.8 Å². The molecule has 3 rings (SSSR count). The Balaban J connectivity index is 1.69. The van der Waals surface area contributed by atoms with E-state index in [1.165, 1.54) is 19.1 Å². The number of amides is 1. The molecule has 138 valence electrons. The number of rotatable bonds is 7. The molecule has 6 heteroatoms. The van der Waals surface area contributed by atoms with Gasteiger partial charge in [-0.05, 0) is 54.4 Å². The second-order valence-corrected chi connectivity index (χ2v) is 6.26. The van der Waals surface area contributed by atoms with Crippen molar-refractivity contribution in [3.8, 4) is 11.3 Å². The van der Waals surface area contributed by atoms with Gasteiger partial charge in [0.15, 0.2) is 5.78 Å². The van der Waals surface area contributed by atoms with Crippen LogP contribution in [0.3, 0.4) is 0 Å². The summed E-state index contributed by atoms with van der Waals surface area (Å²) in [6, 6.07) is 11.6. The summed E-state index contributed by atoms with van der Waals surface area (Å²) in [5, 5.41) is 2.86. The molecule has 5 nitrogen and oxygen atoms in total. The third-order valence-corrected chi connectivity index (χ3v) is 4.24. The van der Waals surface area contributed by atoms with Crippen LogP contribution in [0.1, 0.15) is 29.3 Å². The molecule has 2 heterocycles. The Hall–Kier alpha value is -3.28. The van der Waals surface area contributed by atoms with E-state index in [4.69, 9.17) is 0 Å². The lowest BCUT2D eigenvalue weighted by Gasteiger charge is -2.10. The molecule has 1 amide bonds. The molecule has 0 aliphatic carbocycles. The molecule has 0 unspecified atom stereocenters. The van der Waals surface area contributed by atoms with E-state index < -0.39 is 0 Å². The first kappa shape index (κ1) is 18.5. The monoisotopic (exact) mass is 365 g/mol. The highest BCUT2D eigenvalue weighted by atomic mass is 19.1. The van der Waals surface area contributed by atoms with Crippen LogP contribution in [0.4, 0.5) is 4.39 Å². The maximum Gasteiger partial charge on any atom is 0.222 e. The zero-order chi connectivity index (χ0) is 19.2. The molecular weight excluding hydrogens is 345 g/mol. The molecule has 1 aromatic carbocycles. The molecule has 3 aromatic rings. The van der Waals surface area contributed by atoms with Crippen molar-refractivity contribution < 1.29 is 14.0 Å². The fourth-order valence-corrected chi connectivity index (χ4v) is 2.77. The second-order valence-electron chi connectivity index (χ2n) is 6.26. The van der Waals surface area contributed by atoms with Crippen molar-refractivity contribution in [2.45, 2.75) is 26.4 Å². The summed E-state index contributed by atoms with van der Waals surface area (Å²) in [5.41, 5.74) is 3.06. The standard InChI is InChI=1S/C21H20FN3O2/c1-15(26)18-11-20(17-4-6-19(22)7-5-17)25(14-18)10-8-21(27)24-13-16-3-2-9-23-12-16/h2-7,9,11-12,14H,8,10,13H2,1H3,(H,24,27).